The van der Waals surface area contributed by atoms with Crippen LogP contribution in [0.2, 0.25) is 0 Å². The van der Waals surface area contributed by atoms with Crippen LogP contribution in [0.5, 0.6) is 0 Å². The molecule has 2 aliphatic rings. The van der Waals surface area contributed by atoms with Gasteiger partial charge in [0.25, 0.3) is 0 Å². The Bertz CT molecular complexity index is 792. The first kappa shape index (κ1) is 23.0. The molecule has 2 aliphatic heterocycles. The van der Waals surface area contributed by atoms with E-state index in [-0.39, 0.29) is 23.8 Å². The number of amides is 2. The Kier molecular flexibility index (Phi) is 8.24. The highest BCUT2D eigenvalue weighted by atomic mass is 16.2. The topological polar surface area (TPSA) is 52.7 Å². The zero-order valence-corrected chi connectivity index (χ0v) is 18.5. The lowest BCUT2D eigenvalue weighted by Crippen LogP contribution is -2.59. The van der Waals surface area contributed by atoms with Gasteiger partial charge in [0, 0.05) is 31.7 Å². The molecule has 0 spiro atoms. The highest BCUT2D eigenvalue weighted by molar-refractivity contribution is 5.89. The second kappa shape index (κ2) is 11.1. The summed E-state index contributed by atoms with van der Waals surface area (Å²) in [6, 6.07) is 9.67. The molecule has 1 unspecified atom stereocenters. The molecular formula is C26H35N3O2. The van der Waals surface area contributed by atoms with E-state index in [4.69, 9.17) is 0 Å². The lowest BCUT2D eigenvalue weighted by atomic mass is 9.80. The van der Waals surface area contributed by atoms with Gasteiger partial charge in [-0.3, -0.25) is 14.5 Å². The fraction of sp³-hybridized carbons (Fsp3) is 0.462. The third-order valence-corrected chi connectivity index (χ3v) is 6.46. The number of likely N-dealkylation sites (tertiary alicyclic amines) is 1. The Morgan fingerprint density at radius 1 is 1.13 bits per heavy atom. The van der Waals surface area contributed by atoms with Crippen LogP contribution in [0.15, 0.2) is 61.7 Å². The summed E-state index contributed by atoms with van der Waals surface area (Å²) in [5.41, 5.74) is 0.880. The van der Waals surface area contributed by atoms with Crippen LogP contribution in [0, 0.1) is 0 Å². The van der Waals surface area contributed by atoms with Gasteiger partial charge < -0.3 is 10.2 Å². The molecule has 1 aromatic carbocycles. The van der Waals surface area contributed by atoms with Crippen LogP contribution in [0.3, 0.4) is 0 Å². The molecule has 0 bridgehead atoms. The Balaban J connectivity index is 1.71. The van der Waals surface area contributed by atoms with Gasteiger partial charge in [-0.25, -0.2) is 0 Å². The maximum Gasteiger partial charge on any atom is 0.237 e. The van der Waals surface area contributed by atoms with E-state index >= 15 is 0 Å². The summed E-state index contributed by atoms with van der Waals surface area (Å²) in [5.74, 6) is 0.00486. The van der Waals surface area contributed by atoms with E-state index in [0.717, 1.165) is 50.8 Å². The second-order valence-corrected chi connectivity index (χ2v) is 8.53. The summed E-state index contributed by atoms with van der Waals surface area (Å²) in [5, 5.41) is 2.94. The maximum absolute atomic E-state index is 13.5. The number of piperazine rings is 1. The minimum absolute atomic E-state index is 0.0530. The van der Waals surface area contributed by atoms with Crippen molar-refractivity contribution in [1.29, 1.82) is 0 Å². The van der Waals surface area contributed by atoms with Gasteiger partial charge in [-0.15, -0.1) is 13.2 Å². The number of benzene rings is 1. The van der Waals surface area contributed by atoms with Crippen LogP contribution in [0.4, 0.5) is 0 Å². The highest BCUT2D eigenvalue weighted by Gasteiger charge is 2.41. The van der Waals surface area contributed by atoms with Gasteiger partial charge in [-0.05, 0) is 37.7 Å². The SMILES string of the molecule is C=CCC1(CC=C)CCCCN1C(=O)CC1C(=O)NCCN1CC=Cc1ccccc1. The van der Waals surface area contributed by atoms with Crippen LogP contribution >= 0.6 is 0 Å². The van der Waals surface area contributed by atoms with Crippen molar-refractivity contribution in [3.05, 3.63) is 67.3 Å². The first-order valence-electron chi connectivity index (χ1n) is 11.4. The number of carbonyl (C=O) groups excluding carboxylic acids is 2. The Labute approximate surface area is 186 Å². The van der Waals surface area contributed by atoms with E-state index in [1.807, 2.05) is 35.3 Å². The van der Waals surface area contributed by atoms with Gasteiger partial charge in [0.1, 0.15) is 0 Å². The van der Waals surface area contributed by atoms with Crippen molar-refractivity contribution >= 4 is 17.9 Å². The average molecular weight is 422 g/mol. The summed E-state index contributed by atoms with van der Waals surface area (Å²) >= 11 is 0. The van der Waals surface area contributed by atoms with Gasteiger partial charge >= 0.3 is 0 Å². The van der Waals surface area contributed by atoms with Crippen molar-refractivity contribution in [3.63, 3.8) is 0 Å². The van der Waals surface area contributed by atoms with Crippen molar-refractivity contribution in [2.45, 2.75) is 50.1 Å². The maximum atomic E-state index is 13.5. The molecule has 31 heavy (non-hydrogen) atoms. The van der Waals surface area contributed by atoms with Crippen LogP contribution in [0.1, 0.15) is 44.1 Å². The molecule has 1 N–H and O–H groups in total. The van der Waals surface area contributed by atoms with Crippen LogP contribution in [-0.2, 0) is 9.59 Å². The highest BCUT2D eigenvalue weighted by Crippen LogP contribution is 2.36. The van der Waals surface area contributed by atoms with E-state index in [1.54, 1.807) is 0 Å². The number of carbonyl (C=O) groups is 2. The molecular weight excluding hydrogens is 386 g/mol. The van der Waals surface area contributed by atoms with Gasteiger partial charge in [-0.1, -0.05) is 54.6 Å². The lowest BCUT2D eigenvalue weighted by molar-refractivity contribution is -0.145. The molecule has 2 amide bonds. The minimum Gasteiger partial charge on any atom is -0.353 e. The summed E-state index contributed by atoms with van der Waals surface area (Å²) < 4.78 is 0. The van der Waals surface area contributed by atoms with Crippen molar-refractivity contribution in [2.24, 2.45) is 0 Å². The standard InChI is InChI=1S/C26H35N3O2/c1-3-14-26(15-4-2)16-8-9-19-29(26)24(30)21-23-25(31)27-17-20-28(23)18-10-13-22-11-6-5-7-12-22/h3-7,10-13,23H,1-2,8-9,14-21H2,(H,27,31). The molecule has 5 nitrogen and oxygen atoms in total. The molecule has 1 atom stereocenters. The van der Waals surface area contributed by atoms with Crippen LogP contribution in [-0.4, -0.2) is 59.4 Å². The number of nitrogens with one attached hydrogen (secondary N) is 1. The normalized spacial score (nSPS) is 21.6. The molecule has 2 fully saturated rings. The van der Waals surface area contributed by atoms with Gasteiger partial charge in [0.15, 0.2) is 0 Å². The largest absolute Gasteiger partial charge is 0.353 e. The summed E-state index contributed by atoms with van der Waals surface area (Å²) in [6.45, 7) is 10.6. The third-order valence-electron chi connectivity index (χ3n) is 6.46. The van der Waals surface area contributed by atoms with E-state index in [0.29, 0.717) is 13.1 Å². The monoisotopic (exact) mass is 421 g/mol. The molecule has 3 rings (SSSR count). The van der Waals surface area contributed by atoms with Crippen LogP contribution in [0.25, 0.3) is 6.08 Å². The fourth-order valence-corrected chi connectivity index (χ4v) is 4.90. The van der Waals surface area contributed by atoms with Crippen molar-refractivity contribution in [3.8, 4) is 0 Å². The second-order valence-electron chi connectivity index (χ2n) is 8.53. The lowest BCUT2D eigenvalue weighted by Gasteiger charge is -2.47. The first-order chi connectivity index (χ1) is 15.1. The molecule has 2 saturated heterocycles. The first-order valence-corrected chi connectivity index (χ1v) is 11.4. The summed E-state index contributed by atoms with van der Waals surface area (Å²) in [4.78, 5) is 30.3. The minimum atomic E-state index is -0.436. The Hall–Kier alpha value is -2.66. The number of nitrogens with zero attached hydrogens (tertiary/aromatic N) is 2. The smallest absolute Gasteiger partial charge is 0.237 e. The van der Waals surface area contributed by atoms with Crippen molar-refractivity contribution < 1.29 is 9.59 Å². The van der Waals surface area contributed by atoms with Crippen molar-refractivity contribution in [1.82, 2.24) is 15.1 Å². The number of hydrogen-bond donors (Lipinski definition) is 1. The predicted octanol–water partition coefficient (Wildman–Crippen LogP) is 3.79. The average Bonchev–Trinajstić information content (AvgIpc) is 2.77. The van der Waals surface area contributed by atoms with E-state index < -0.39 is 6.04 Å². The zero-order chi connectivity index (χ0) is 22.1. The third kappa shape index (κ3) is 5.73. The Morgan fingerprint density at radius 2 is 1.87 bits per heavy atom. The molecule has 0 saturated carbocycles. The van der Waals surface area contributed by atoms with Gasteiger partial charge in [0.05, 0.1) is 12.5 Å². The van der Waals surface area contributed by atoms with E-state index in [1.165, 1.54) is 0 Å². The summed E-state index contributed by atoms with van der Waals surface area (Å²) in [7, 11) is 0. The molecule has 166 valence electrons. The molecule has 5 heteroatoms. The van der Waals surface area contributed by atoms with Crippen LogP contribution < -0.4 is 5.32 Å². The fourth-order valence-electron chi connectivity index (χ4n) is 4.90. The number of hydrogen-bond acceptors (Lipinski definition) is 3. The quantitative estimate of drug-likeness (QED) is 0.617. The van der Waals surface area contributed by atoms with E-state index in [9.17, 15) is 9.59 Å². The number of rotatable bonds is 9. The molecule has 0 aliphatic carbocycles. The number of piperidine rings is 1. The molecule has 0 aromatic heterocycles. The molecule has 0 radical (unpaired) electrons. The predicted molar refractivity (Wildman–Crippen MR) is 126 cm³/mol. The van der Waals surface area contributed by atoms with Gasteiger partial charge in [-0.2, -0.15) is 0 Å². The molecule has 2 heterocycles. The summed E-state index contributed by atoms with van der Waals surface area (Å²) in [6.07, 6.45) is 12.7. The zero-order valence-electron chi connectivity index (χ0n) is 18.5. The van der Waals surface area contributed by atoms with Gasteiger partial charge in [0.2, 0.25) is 11.8 Å². The van der Waals surface area contributed by atoms with Crippen molar-refractivity contribution in [2.75, 3.05) is 26.2 Å². The Morgan fingerprint density at radius 3 is 2.58 bits per heavy atom. The molecule has 1 aromatic rings. The van der Waals surface area contributed by atoms with E-state index in [2.05, 4.69) is 47.7 Å².